The first-order valence-corrected chi connectivity index (χ1v) is 6.65. The van der Waals surface area contributed by atoms with Gasteiger partial charge in [-0.2, -0.15) is 0 Å². The van der Waals surface area contributed by atoms with Crippen LogP contribution in [0.5, 0.6) is 0 Å². The molecule has 0 aromatic heterocycles. The van der Waals surface area contributed by atoms with Gasteiger partial charge in [-0.3, -0.25) is 0 Å². The van der Waals surface area contributed by atoms with Crippen molar-refractivity contribution in [2.24, 2.45) is 11.3 Å². The Morgan fingerprint density at radius 2 is 1.83 bits per heavy atom. The van der Waals surface area contributed by atoms with Crippen molar-refractivity contribution in [1.29, 1.82) is 0 Å². The molecule has 0 aliphatic heterocycles. The van der Waals surface area contributed by atoms with E-state index in [9.17, 15) is 0 Å². The Morgan fingerprint density at radius 1 is 1.22 bits per heavy atom. The lowest BCUT2D eigenvalue weighted by Gasteiger charge is -2.39. The van der Waals surface area contributed by atoms with Crippen LogP contribution in [0.1, 0.15) is 40.0 Å². The van der Waals surface area contributed by atoms with Crippen LogP contribution in [0.25, 0.3) is 0 Å². The number of hydrogen-bond donors (Lipinski definition) is 0. The van der Waals surface area contributed by atoms with Gasteiger partial charge in [-0.05, 0) is 33.1 Å². The lowest BCUT2D eigenvalue weighted by atomic mass is 9.65. The number of rotatable bonds is 9. The Balaban J connectivity index is 5.55. The molecule has 0 heteroatoms. The van der Waals surface area contributed by atoms with E-state index in [-0.39, 0.29) is 11.3 Å². The molecule has 0 rings (SSSR count). The Hall–Kier alpha value is -1.30. The van der Waals surface area contributed by atoms with E-state index in [0.717, 1.165) is 19.3 Å². The molecule has 0 bridgehead atoms. The zero-order chi connectivity index (χ0) is 14.2. The highest BCUT2D eigenvalue weighted by Gasteiger charge is 2.35. The van der Waals surface area contributed by atoms with Crippen molar-refractivity contribution < 1.29 is 0 Å². The third-order valence-electron chi connectivity index (χ3n) is 3.45. The summed E-state index contributed by atoms with van der Waals surface area (Å²) in [5, 5.41) is 0. The summed E-state index contributed by atoms with van der Waals surface area (Å²) < 4.78 is 0. The lowest BCUT2D eigenvalue weighted by Crippen LogP contribution is -2.29. The number of allylic oxidation sites excluding steroid dienone is 6. The quantitative estimate of drug-likeness (QED) is 0.446. The summed E-state index contributed by atoms with van der Waals surface area (Å²) in [4.78, 5) is 0. The third-order valence-corrected chi connectivity index (χ3v) is 3.45. The maximum atomic E-state index is 4.21. The van der Waals surface area contributed by atoms with Crippen molar-refractivity contribution in [1.82, 2.24) is 0 Å². The summed E-state index contributed by atoms with van der Waals surface area (Å²) in [6, 6.07) is 0. The monoisotopic (exact) mass is 244 g/mol. The fourth-order valence-corrected chi connectivity index (χ4v) is 2.50. The summed E-state index contributed by atoms with van der Waals surface area (Å²) in [6.07, 6.45) is 11.3. The van der Waals surface area contributed by atoms with Gasteiger partial charge in [-0.1, -0.05) is 49.0 Å². The van der Waals surface area contributed by atoms with Gasteiger partial charge < -0.3 is 0 Å². The average molecular weight is 244 g/mol. The summed E-state index contributed by atoms with van der Waals surface area (Å²) >= 11 is 0. The minimum absolute atomic E-state index is 0.0268. The van der Waals surface area contributed by atoms with E-state index in [4.69, 9.17) is 0 Å². The normalized spacial score (nSPS) is 15.9. The van der Waals surface area contributed by atoms with Gasteiger partial charge in [-0.15, -0.1) is 19.7 Å². The molecule has 0 spiro atoms. The van der Waals surface area contributed by atoms with E-state index in [0.29, 0.717) is 0 Å². The van der Waals surface area contributed by atoms with Gasteiger partial charge in [0.2, 0.25) is 0 Å². The molecular formula is C18H28. The number of hydrogen-bond acceptors (Lipinski definition) is 0. The molecule has 0 aromatic rings. The summed E-state index contributed by atoms with van der Waals surface area (Å²) in [5.41, 5.74) is 2.33. The van der Waals surface area contributed by atoms with Crippen LogP contribution in [0, 0.1) is 11.3 Å². The molecular weight excluding hydrogens is 216 g/mol. The molecule has 0 heterocycles. The van der Waals surface area contributed by atoms with Gasteiger partial charge in [0.25, 0.3) is 0 Å². The van der Waals surface area contributed by atoms with E-state index >= 15 is 0 Å². The second kappa shape index (κ2) is 7.92. The Bertz CT molecular complexity index is 343. The van der Waals surface area contributed by atoms with Crippen LogP contribution >= 0.6 is 0 Å². The molecule has 0 saturated heterocycles. The fraction of sp³-hybridized carbons (Fsp3) is 0.444. The molecule has 0 saturated carbocycles. The maximum absolute atomic E-state index is 4.21. The van der Waals surface area contributed by atoms with Crippen molar-refractivity contribution in [2.45, 2.75) is 40.0 Å². The highest BCUT2D eigenvalue weighted by atomic mass is 14.4. The van der Waals surface area contributed by atoms with Crippen LogP contribution < -0.4 is 0 Å². The topological polar surface area (TPSA) is 0 Å². The average Bonchev–Trinajstić information content (AvgIpc) is 2.28. The molecule has 2 unspecified atom stereocenters. The SMILES string of the molecule is C=CCC(CC(=C)C)(C(=C)C)C(C=C)C=CCC. The zero-order valence-electron chi connectivity index (χ0n) is 12.3. The first kappa shape index (κ1) is 16.7. The second-order valence-electron chi connectivity index (χ2n) is 5.16. The highest BCUT2D eigenvalue weighted by molar-refractivity contribution is 5.23. The van der Waals surface area contributed by atoms with Crippen molar-refractivity contribution in [3.05, 3.63) is 61.8 Å². The van der Waals surface area contributed by atoms with Crippen LogP contribution in [0.2, 0.25) is 0 Å². The van der Waals surface area contributed by atoms with Crippen LogP contribution in [0.4, 0.5) is 0 Å². The molecule has 100 valence electrons. The van der Waals surface area contributed by atoms with Gasteiger partial charge in [0, 0.05) is 11.3 Å². The predicted octanol–water partition coefficient (Wildman–Crippen LogP) is 5.86. The molecule has 0 radical (unpaired) electrons. The molecule has 0 aliphatic carbocycles. The third kappa shape index (κ3) is 4.18. The molecule has 0 aliphatic rings. The van der Waals surface area contributed by atoms with Crippen molar-refractivity contribution in [3.8, 4) is 0 Å². The standard InChI is InChI=1S/C18H28/c1-8-11-12-17(10-3)18(13-9-2,16(6)7)14-15(4)5/h9-12,17H,2-4,6,8,13-14H2,1,5,7H3. The van der Waals surface area contributed by atoms with Crippen LogP contribution in [-0.4, -0.2) is 0 Å². The summed E-state index contributed by atoms with van der Waals surface area (Å²) in [7, 11) is 0. The van der Waals surface area contributed by atoms with E-state index in [1.165, 1.54) is 11.1 Å². The minimum Gasteiger partial charge on any atom is -0.103 e. The Morgan fingerprint density at radius 3 is 2.17 bits per heavy atom. The second-order valence-corrected chi connectivity index (χ2v) is 5.16. The fourth-order valence-electron chi connectivity index (χ4n) is 2.50. The first-order chi connectivity index (χ1) is 8.44. The molecule has 0 fully saturated rings. The smallest absolute Gasteiger partial charge is 0.00748 e. The zero-order valence-corrected chi connectivity index (χ0v) is 12.3. The molecule has 2 atom stereocenters. The summed E-state index contributed by atoms with van der Waals surface area (Å²) in [5.74, 6) is 0.282. The maximum Gasteiger partial charge on any atom is 0.00748 e. The van der Waals surface area contributed by atoms with Gasteiger partial charge in [0.1, 0.15) is 0 Å². The van der Waals surface area contributed by atoms with Crippen LogP contribution in [-0.2, 0) is 0 Å². The molecule has 0 N–H and O–H groups in total. The minimum atomic E-state index is -0.0268. The molecule has 18 heavy (non-hydrogen) atoms. The largest absolute Gasteiger partial charge is 0.103 e. The van der Waals surface area contributed by atoms with Crippen LogP contribution in [0.15, 0.2) is 61.8 Å². The first-order valence-electron chi connectivity index (χ1n) is 6.65. The molecule has 0 amide bonds. The van der Waals surface area contributed by atoms with E-state index < -0.39 is 0 Å². The predicted molar refractivity (Wildman–Crippen MR) is 84.6 cm³/mol. The van der Waals surface area contributed by atoms with Crippen molar-refractivity contribution >= 4 is 0 Å². The van der Waals surface area contributed by atoms with E-state index in [1.54, 1.807) is 0 Å². The van der Waals surface area contributed by atoms with Crippen molar-refractivity contribution in [3.63, 3.8) is 0 Å². The summed E-state index contributed by atoms with van der Waals surface area (Å²) in [6.45, 7) is 22.5. The highest BCUT2D eigenvalue weighted by Crippen LogP contribution is 2.45. The van der Waals surface area contributed by atoms with Crippen LogP contribution in [0.3, 0.4) is 0 Å². The molecule has 0 aromatic carbocycles. The van der Waals surface area contributed by atoms with E-state index in [1.807, 2.05) is 12.2 Å². The Labute approximate surface area is 113 Å². The lowest BCUT2D eigenvalue weighted by molar-refractivity contribution is 0.296. The van der Waals surface area contributed by atoms with Gasteiger partial charge in [0.15, 0.2) is 0 Å². The van der Waals surface area contributed by atoms with Gasteiger partial charge in [0.05, 0.1) is 0 Å². The van der Waals surface area contributed by atoms with Crippen molar-refractivity contribution in [2.75, 3.05) is 0 Å². The Kier molecular flexibility index (Phi) is 7.35. The van der Waals surface area contributed by atoms with E-state index in [2.05, 4.69) is 59.2 Å². The van der Waals surface area contributed by atoms with Gasteiger partial charge in [-0.25, -0.2) is 0 Å². The van der Waals surface area contributed by atoms with Gasteiger partial charge >= 0.3 is 0 Å². The molecule has 0 nitrogen and oxygen atoms in total.